The molecule has 2 aromatic rings. The summed E-state index contributed by atoms with van der Waals surface area (Å²) in [7, 11) is 3.14. The van der Waals surface area contributed by atoms with Gasteiger partial charge in [-0.15, -0.1) is 13.2 Å². The number of aromatic nitrogens is 1. The molecule has 0 fully saturated rings. The predicted octanol–water partition coefficient (Wildman–Crippen LogP) is 3.03. The summed E-state index contributed by atoms with van der Waals surface area (Å²) in [5.74, 6) is 1.18. The normalized spacial score (nSPS) is 10.8. The van der Waals surface area contributed by atoms with Crippen molar-refractivity contribution in [3.63, 3.8) is 0 Å². The molecule has 24 heavy (non-hydrogen) atoms. The van der Waals surface area contributed by atoms with Crippen LogP contribution in [0.2, 0.25) is 0 Å². The van der Waals surface area contributed by atoms with Gasteiger partial charge in [-0.25, -0.2) is 0 Å². The molecule has 128 valence electrons. The lowest BCUT2D eigenvalue weighted by Gasteiger charge is -2.20. The fraction of sp³-hybridized carbons (Fsp3) is 0.316. The zero-order valence-electron chi connectivity index (χ0n) is 14.5. The Labute approximate surface area is 142 Å². The molecule has 1 aromatic heterocycles. The van der Waals surface area contributed by atoms with Gasteiger partial charge in [-0.2, -0.15) is 0 Å². The van der Waals surface area contributed by atoms with E-state index in [1.54, 1.807) is 26.4 Å². The van der Waals surface area contributed by atoms with E-state index in [2.05, 4.69) is 23.0 Å². The molecule has 0 spiro atoms. The molecule has 0 aliphatic carbocycles. The van der Waals surface area contributed by atoms with E-state index >= 15 is 0 Å². The van der Waals surface area contributed by atoms with Gasteiger partial charge in [0.1, 0.15) is 11.5 Å². The Morgan fingerprint density at radius 1 is 1.17 bits per heavy atom. The molecule has 0 radical (unpaired) electrons. The van der Waals surface area contributed by atoms with Crippen molar-refractivity contribution in [2.24, 2.45) is 0 Å². The topological polar surface area (TPSA) is 54.6 Å². The van der Waals surface area contributed by atoms with Crippen LogP contribution in [0.3, 0.4) is 0 Å². The predicted molar refractivity (Wildman–Crippen MR) is 98.1 cm³/mol. The summed E-state index contributed by atoms with van der Waals surface area (Å²) in [5.41, 5.74) is 2.22. The van der Waals surface area contributed by atoms with Gasteiger partial charge in [-0.1, -0.05) is 12.2 Å². The number of fused-ring (bicyclic) bond motifs is 1. The molecule has 0 unspecified atom stereocenters. The van der Waals surface area contributed by atoms with E-state index < -0.39 is 0 Å². The largest absolute Gasteiger partial charge is 0.497 e. The summed E-state index contributed by atoms with van der Waals surface area (Å²) in [6.07, 6.45) is 3.64. The number of benzene rings is 1. The summed E-state index contributed by atoms with van der Waals surface area (Å²) in [6, 6.07) is 3.50. The first kappa shape index (κ1) is 17.8. The van der Waals surface area contributed by atoms with Crippen LogP contribution < -0.4 is 14.9 Å². The second-order valence-corrected chi connectivity index (χ2v) is 5.58. The maximum absolute atomic E-state index is 13.0. The zero-order chi connectivity index (χ0) is 17.7. The molecule has 5 heteroatoms. The number of hydrogen-bond donors (Lipinski definition) is 1. The first-order valence-electron chi connectivity index (χ1n) is 7.77. The van der Waals surface area contributed by atoms with Crippen molar-refractivity contribution in [1.82, 2.24) is 9.88 Å². The number of aryl methyl sites for hydroxylation is 1. The van der Waals surface area contributed by atoms with Gasteiger partial charge >= 0.3 is 0 Å². The van der Waals surface area contributed by atoms with Crippen molar-refractivity contribution in [2.75, 3.05) is 27.3 Å². The highest BCUT2D eigenvalue weighted by Gasteiger charge is 2.16. The lowest BCUT2D eigenvalue weighted by Crippen LogP contribution is -2.28. The average molecular weight is 328 g/mol. The van der Waals surface area contributed by atoms with Crippen LogP contribution in [0, 0.1) is 6.92 Å². The summed E-state index contributed by atoms with van der Waals surface area (Å²) in [5, 5.41) is 0.559. The number of aromatic amines is 1. The van der Waals surface area contributed by atoms with Crippen molar-refractivity contribution in [3.05, 3.63) is 58.9 Å². The number of pyridine rings is 1. The summed E-state index contributed by atoms with van der Waals surface area (Å²) >= 11 is 0. The Balaban J connectivity index is 2.61. The number of nitrogens with zero attached hydrogens (tertiary/aromatic N) is 1. The van der Waals surface area contributed by atoms with Crippen LogP contribution in [-0.4, -0.2) is 37.2 Å². The molecule has 0 amide bonds. The molecule has 0 saturated heterocycles. The van der Waals surface area contributed by atoms with Crippen LogP contribution in [0.5, 0.6) is 11.5 Å². The highest BCUT2D eigenvalue weighted by molar-refractivity contribution is 5.86. The first-order valence-corrected chi connectivity index (χ1v) is 7.77. The molecule has 1 heterocycles. The van der Waals surface area contributed by atoms with Crippen molar-refractivity contribution in [3.8, 4) is 11.5 Å². The summed E-state index contributed by atoms with van der Waals surface area (Å²) in [6.45, 7) is 11.3. The molecule has 0 atom stereocenters. The molecule has 0 bridgehead atoms. The smallest absolute Gasteiger partial charge is 0.194 e. The maximum atomic E-state index is 13.0. The highest BCUT2D eigenvalue weighted by atomic mass is 16.5. The average Bonchev–Trinajstić information content (AvgIpc) is 2.58. The number of ether oxygens (including phenoxy) is 2. The first-order chi connectivity index (χ1) is 11.5. The lowest BCUT2D eigenvalue weighted by molar-refractivity contribution is 0.326. The number of nitrogens with one attached hydrogen (secondary N) is 1. The minimum absolute atomic E-state index is 0.0171. The molecule has 1 aromatic carbocycles. The highest BCUT2D eigenvalue weighted by Crippen LogP contribution is 2.29. The Bertz CT molecular complexity index is 798. The fourth-order valence-electron chi connectivity index (χ4n) is 2.76. The van der Waals surface area contributed by atoms with E-state index in [0.29, 0.717) is 42.0 Å². The van der Waals surface area contributed by atoms with E-state index in [4.69, 9.17) is 9.47 Å². The van der Waals surface area contributed by atoms with Crippen molar-refractivity contribution < 1.29 is 9.47 Å². The third kappa shape index (κ3) is 3.51. The molecule has 2 rings (SSSR count). The van der Waals surface area contributed by atoms with E-state index in [-0.39, 0.29) is 5.43 Å². The minimum atomic E-state index is -0.0171. The SMILES string of the molecule is C=CCN(CC=C)Cc1c(C)[nH]c2c(OC)cc(OC)cc2c1=O. The molecule has 1 N–H and O–H groups in total. The fourth-order valence-corrected chi connectivity index (χ4v) is 2.76. The van der Waals surface area contributed by atoms with Crippen LogP contribution in [0.1, 0.15) is 11.3 Å². The van der Waals surface area contributed by atoms with E-state index in [0.717, 1.165) is 11.3 Å². The van der Waals surface area contributed by atoms with Gasteiger partial charge in [0, 0.05) is 37.0 Å². The molecule has 0 aliphatic heterocycles. The Morgan fingerprint density at radius 3 is 2.38 bits per heavy atom. The third-order valence-corrected chi connectivity index (χ3v) is 3.97. The maximum Gasteiger partial charge on any atom is 0.194 e. The zero-order valence-corrected chi connectivity index (χ0v) is 14.5. The molecular weight excluding hydrogens is 304 g/mol. The molecule has 0 saturated carbocycles. The standard InChI is InChI=1S/C19H24N2O3/c1-6-8-21(9-7-2)12-16-13(3)20-18-15(19(16)22)10-14(23-4)11-17(18)24-5/h6-7,10-11H,1-2,8-9,12H2,3-5H3,(H,20,22). The number of H-pyrrole nitrogens is 1. The van der Waals surface area contributed by atoms with Crippen LogP contribution >= 0.6 is 0 Å². The number of rotatable bonds is 8. The summed E-state index contributed by atoms with van der Waals surface area (Å²) < 4.78 is 10.7. The Kier molecular flexibility index (Phi) is 5.82. The second kappa shape index (κ2) is 7.84. The number of hydrogen-bond acceptors (Lipinski definition) is 4. The van der Waals surface area contributed by atoms with Crippen LogP contribution in [0.25, 0.3) is 10.9 Å². The van der Waals surface area contributed by atoms with Gasteiger partial charge in [-0.3, -0.25) is 9.69 Å². The summed E-state index contributed by atoms with van der Waals surface area (Å²) in [4.78, 5) is 18.4. The van der Waals surface area contributed by atoms with E-state index in [1.807, 2.05) is 19.1 Å². The Hall–Kier alpha value is -2.53. The lowest BCUT2D eigenvalue weighted by atomic mass is 10.1. The van der Waals surface area contributed by atoms with Crippen LogP contribution in [0.4, 0.5) is 0 Å². The van der Waals surface area contributed by atoms with E-state index in [1.165, 1.54) is 0 Å². The van der Waals surface area contributed by atoms with Gasteiger partial charge in [0.15, 0.2) is 5.43 Å². The molecule has 0 aliphatic rings. The number of methoxy groups -OCH3 is 2. The second-order valence-electron chi connectivity index (χ2n) is 5.58. The van der Waals surface area contributed by atoms with Gasteiger partial charge < -0.3 is 14.5 Å². The van der Waals surface area contributed by atoms with Crippen molar-refractivity contribution in [2.45, 2.75) is 13.5 Å². The van der Waals surface area contributed by atoms with Crippen molar-refractivity contribution in [1.29, 1.82) is 0 Å². The van der Waals surface area contributed by atoms with Crippen LogP contribution in [0.15, 0.2) is 42.2 Å². The molecule has 5 nitrogen and oxygen atoms in total. The van der Waals surface area contributed by atoms with E-state index in [9.17, 15) is 4.79 Å². The molecular formula is C19H24N2O3. The van der Waals surface area contributed by atoms with Gasteiger partial charge in [0.05, 0.1) is 25.1 Å². The van der Waals surface area contributed by atoms with Crippen LogP contribution in [-0.2, 0) is 6.54 Å². The van der Waals surface area contributed by atoms with Crippen molar-refractivity contribution >= 4 is 10.9 Å². The quantitative estimate of drug-likeness (QED) is 0.757. The van der Waals surface area contributed by atoms with Gasteiger partial charge in [-0.05, 0) is 13.0 Å². The Morgan fingerprint density at radius 2 is 1.83 bits per heavy atom. The van der Waals surface area contributed by atoms with Gasteiger partial charge in [0.25, 0.3) is 0 Å². The minimum Gasteiger partial charge on any atom is -0.497 e. The monoisotopic (exact) mass is 328 g/mol. The third-order valence-electron chi connectivity index (χ3n) is 3.97. The van der Waals surface area contributed by atoms with Gasteiger partial charge in [0.2, 0.25) is 0 Å².